The minimum Gasteiger partial charge on any atom is -0.309 e. The molecule has 1 nitrogen and oxygen atoms in total. The summed E-state index contributed by atoms with van der Waals surface area (Å²) in [6, 6.07) is 19.8. The third kappa shape index (κ3) is 3.08. The van der Waals surface area contributed by atoms with Crippen LogP contribution in [0.2, 0.25) is 0 Å². The van der Waals surface area contributed by atoms with Crippen molar-refractivity contribution in [2.75, 3.05) is 20.6 Å². The Morgan fingerprint density at radius 1 is 0.905 bits per heavy atom. The lowest BCUT2D eigenvalue weighted by atomic mass is 9.97. The predicted molar refractivity (Wildman–Crippen MR) is 91.2 cm³/mol. The molecule has 1 heteroatoms. The third-order valence-electron chi connectivity index (χ3n) is 4.23. The number of benzene rings is 2. The molecule has 0 heterocycles. The van der Waals surface area contributed by atoms with Crippen LogP contribution in [0.15, 0.2) is 54.6 Å². The maximum atomic E-state index is 2.29. The Balaban J connectivity index is 1.93. The van der Waals surface area contributed by atoms with Gasteiger partial charge in [0.15, 0.2) is 0 Å². The first-order valence-corrected chi connectivity index (χ1v) is 7.76. The molecule has 0 saturated heterocycles. The molecule has 0 aliphatic heterocycles. The van der Waals surface area contributed by atoms with Gasteiger partial charge in [0.1, 0.15) is 0 Å². The van der Waals surface area contributed by atoms with Crippen molar-refractivity contribution in [3.63, 3.8) is 0 Å². The summed E-state index contributed by atoms with van der Waals surface area (Å²) in [5, 5.41) is 0. The molecule has 2 aromatic carbocycles. The monoisotopic (exact) mass is 277 g/mol. The van der Waals surface area contributed by atoms with Gasteiger partial charge in [0.2, 0.25) is 0 Å². The molecule has 0 amide bonds. The summed E-state index contributed by atoms with van der Waals surface area (Å²) in [4.78, 5) is 2.27. The molecule has 21 heavy (non-hydrogen) atoms. The number of rotatable bonds is 5. The van der Waals surface area contributed by atoms with Crippen LogP contribution in [0, 0.1) is 0 Å². The highest BCUT2D eigenvalue weighted by atomic mass is 15.0. The number of hydrogen-bond acceptors (Lipinski definition) is 1. The second-order valence-electron chi connectivity index (χ2n) is 6.06. The molecule has 2 aromatic rings. The number of fused-ring (bicyclic) bond motifs is 1. The van der Waals surface area contributed by atoms with E-state index in [2.05, 4.69) is 73.6 Å². The fourth-order valence-electron chi connectivity index (χ4n) is 3.20. The van der Waals surface area contributed by atoms with E-state index in [1.807, 2.05) is 0 Å². The van der Waals surface area contributed by atoms with Crippen molar-refractivity contribution < 1.29 is 0 Å². The van der Waals surface area contributed by atoms with Gasteiger partial charge in [-0.2, -0.15) is 0 Å². The van der Waals surface area contributed by atoms with E-state index >= 15 is 0 Å². The normalized spacial score (nSPS) is 13.9. The van der Waals surface area contributed by atoms with Gasteiger partial charge in [-0.15, -0.1) is 0 Å². The highest BCUT2D eigenvalue weighted by Crippen LogP contribution is 2.40. The molecule has 0 fully saturated rings. The van der Waals surface area contributed by atoms with E-state index in [1.54, 1.807) is 5.57 Å². The molecule has 1 aliphatic rings. The van der Waals surface area contributed by atoms with Gasteiger partial charge in [0.05, 0.1) is 0 Å². The van der Waals surface area contributed by atoms with E-state index in [9.17, 15) is 0 Å². The van der Waals surface area contributed by atoms with Crippen molar-refractivity contribution >= 4 is 11.1 Å². The molecule has 1 aliphatic carbocycles. The Labute approximate surface area is 127 Å². The van der Waals surface area contributed by atoms with Gasteiger partial charge in [0, 0.05) is 0 Å². The van der Waals surface area contributed by atoms with Crippen LogP contribution in [0.1, 0.15) is 29.5 Å². The number of hydrogen-bond donors (Lipinski definition) is 0. The zero-order chi connectivity index (χ0) is 14.7. The van der Waals surface area contributed by atoms with Crippen LogP contribution < -0.4 is 0 Å². The van der Waals surface area contributed by atoms with Crippen molar-refractivity contribution in [2.45, 2.75) is 19.3 Å². The second-order valence-corrected chi connectivity index (χ2v) is 6.06. The van der Waals surface area contributed by atoms with Crippen LogP contribution in [-0.4, -0.2) is 25.5 Å². The van der Waals surface area contributed by atoms with Crippen LogP contribution in [0.3, 0.4) is 0 Å². The second kappa shape index (κ2) is 6.28. The molecule has 108 valence electrons. The Morgan fingerprint density at radius 2 is 1.62 bits per heavy atom. The lowest BCUT2D eigenvalue weighted by Gasteiger charge is -2.12. The molecule has 0 bridgehead atoms. The van der Waals surface area contributed by atoms with Gasteiger partial charge in [-0.05, 0) is 67.7 Å². The van der Waals surface area contributed by atoms with Crippen LogP contribution in [0.5, 0.6) is 0 Å². The van der Waals surface area contributed by atoms with E-state index in [1.165, 1.54) is 35.1 Å². The lowest BCUT2D eigenvalue weighted by molar-refractivity contribution is 0.403. The highest BCUT2D eigenvalue weighted by Gasteiger charge is 2.21. The highest BCUT2D eigenvalue weighted by molar-refractivity contribution is 5.97. The van der Waals surface area contributed by atoms with Crippen LogP contribution in [0.25, 0.3) is 11.1 Å². The first-order chi connectivity index (χ1) is 10.3. The lowest BCUT2D eigenvalue weighted by Crippen LogP contribution is -2.12. The smallest absolute Gasteiger partial charge is 0.00108 e. The van der Waals surface area contributed by atoms with Crippen molar-refractivity contribution in [1.29, 1.82) is 0 Å². The summed E-state index contributed by atoms with van der Waals surface area (Å²) in [7, 11) is 4.30. The Kier molecular flexibility index (Phi) is 4.21. The average Bonchev–Trinajstić information content (AvgIpc) is 2.87. The fraction of sp³-hybridized carbons (Fsp3) is 0.300. The van der Waals surface area contributed by atoms with E-state index in [4.69, 9.17) is 0 Å². The van der Waals surface area contributed by atoms with E-state index < -0.39 is 0 Å². The quantitative estimate of drug-likeness (QED) is 0.778. The Bertz CT molecular complexity index is 638. The summed E-state index contributed by atoms with van der Waals surface area (Å²) in [6.45, 7) is 1.15. The van der Waals surface area contributed by atoms with Crippen molar-refractivity contribution in [3.8, 4) is 0 Å². The maximum absolute atomic E-state index is 2.29. The molecular formula is C20H23N. The first-order valence-electron chi connectivity index (χ1n) is 7.76. The summed E-state index contributed by atoms with van der Waals surface area (Å²) in [6.07, 6.45) is 3.46. The number of allylic oxidation sites excluding steroid dienone is 2. The van der Waals surface area contributed by atoms with Crippen molar-refractivity contribution in [3.05, 3.63) is 71.3 Å². The van der Waals surface area contributed by atoms with E-state index in [0.29, 0.717) is 0 Å². The third-order valence-corrected chi connectivity index (χ3v) is 4.23. The fourth-order valence-corrected chi connectivity index (χ4v) is 3.20. The predicted octanol–water partition coefficient (Wildman–Crippen LogP) is 4.50. The summed E-state index contributed by atoms with van der Waals surface area (Å²) >= 11 is 0. The zero-order valence-corrected chi connectivity index (χ0v) is 13.0. The molecule has 0 saturated carbocycles. The summed E-state index contributed by atoms with van der Waals surface area (Å²) in [5.41, 5.74) is 7.41. The molecule has 0 radical (unpaired) electrons. The molecular weight excluding hydrogens is 254 g/mol. The summed E-state index contributed by atoms with van der Waals surface area (Å²) in [5.74, 6) is 0. The zero-order valence-electron chi connectivity index (χ0n) is 13.0. The van der Waals surface area contributed by atoms with E-state index in [0.717, 1.165) is 13.0 Å². The SMILES string of the molecule is CN(C)CCCC1=C(c2ccccc2)Cc2ccccc21. The topological polar surface area (TPSA) is 3.24 Å². The van der Waals surface area contributed by atoms with Crippen LogP contribution in [0.4, 0.5) is 0 Å². The molecule has 0 aromatic heterocycles. The Hall–Kier alpha value is -1.86. The molecule has 0 N–H and O–H groups in total. The van der Waals surface area contributed by atoms with Gasteiger partial charge in [-0.1, -0.05) is 54.6 Å². The molecule has 0 unspecified atom stereocenters. The first kappa shape index (κ1) is 14.1. The van der Waals surface area contributed by atoms with Crippen LogP contribution >= 0.6 is 0 Å². The van der Waals surface area contributed by atoms with Gasteiger partial charge in [-0.3, -0.25) is 0 Å². The minimum atomic E-state index is 1.08. The van der Waals surface area contributed by atoms with Gasteiger partial charge in [-0.25, -0.2) is 0 Å². The maximum Gasteiger partial charge on any atom is -0.00108 e. The van der Waals surface area contributed by atoms with Gasteiger partial charge >= 0.3 is 0 Å². The molecule has 3 rings (SSSR count). The standard InChI is InChI=1S/C20H23N/c1-21(2)14-8-13-19-18-12-7-6-11-17(18)15-20(19)16-9-4-3-5-10-16/h3-7,9-12H,8,13-15H2,1-2H3. The summed E-state index contributed by atoms with van der Waals surface area (Å²) < 4.78 is 0. The van der Waals surface area contributed by atoms with E-state index in [-0.39, 0.29) is 0 Å². The largest absolute Gasteiger partial charge is 0.309 e. The number of nitrogens with zero attached hydrogens (tertiary/aromatic N) is 1. The Morgan fingerprint density at radius 3 is 2.38 bits per heavy atom. The van der Waals surface area contributed by atoms with Gasteiger partial charge < -0.3 is 4.90 Å². The average molecular weight is 277 g/mol. The molecule has 0 atom stereocenters. The van der Waals surface area contributed by atoms with Gasteiger partial charge in [0.25, 0.3) is 0 Å². The van der Waals surface area contributed by atoms with Crippen molar-refractivity contribution in [1.82, 2.24) is 4.90 Å². The van der Waals surface area contributed by atoms with Crippen molar-refractivity contribution in [2.24, 2.45) is 0 Å². The molecule has 0 spiro atoms. The van der Waals surface area contributed by atoms with Crippen LogP contribution in [-0.2, 0) is 6.42 Å². The minimum absolute atomic E-state index is 1.08.